The van der Waals surface area contributed by atoms with Crippen LogP contribution in [0.2, 0.25) is 0 Å². The summed E-state index contributed by atoms with van der Waals surface area (Å²) in [5.41, 5.74) is 0. The Labute approximate surface area is 99.8 Å². The zero-order valence-electron chi connectivity index (χ0n) is 9.66. The maximum Gasteiger partial charge on any atom is 0.413 e. The first-order chi connectivity index (χ1) is 7.77. The van der Waals surface area contributed by atoms with E-state index in [9.17, 15) is 21.6 Å². The topological polar surface area (TPSA) is 43.4 Å². The minimum atomic E-state index is -4.64. The third-order valence-electron chi connectivity index (χ3n) is 1.87. The molecule has 0 aromatic rings. The second-order valence-electron chi connectivity index (χ2n) is 3.59. The number of hydrogen-bond acceptors (Lipinski definition) is 3. The molecule has 0 aliphatic rings. The third-order valence-corrected chi connectivity index (χ3v) is 2.85. The molecular formula is C10H17F3O3S. The van der Waals surface area contributed by atoms with Crippen molar-refractivity contribution in [3.05, 3.63) is 11.5 Å². The van der Waals surface area contributed by atoms with Crippen LogP contribution >= 0.6 is 0 Å². The van der Waals surface area contributed by atoms with Gasteiger partial charge in [0.25, 0.3) is 10.1 Å². The van der Waals surface area contributed by atoms with Gasteiger partial charge in [0.05, 0.1) is 5.41 Å². The molecule has 7 heteroatoms. The summed E-state index contributed by atoms with van der Waals surface area (Å²) in [6.07, 6.45) is 1.13. The van der Waals surface area contributed by atoms with Crippen LogP contribution in [0.15, 0.2) is 11.5 Å². The van der Waals surface area contributed by atoms with Crippen LogP contribution in [0.25, 0.3) is 0 Å². The fourth-order valence-electron chi connectivity index (χ4n) is 1.06. The summed E-state index contributed by atoms with van der Waals surface area (Å²) in [6.45, 7) is 0.265. The van der Waals surface area contributed by atoms with Crippen LogP contribution in [0.5, 0.6) is 0 Å². The van der Waals surface area contributed by atoms with Gasteiger partial charge in [-0.1, -0.05) is 32.3 Å². The highest BCUT2D eigenvalue weighted by Crippen LogP contribution is 2.16. The highest BCUT2D eigenvalue weighted by Gasteiger charge is 2.30. The molecule has 0 bridgehead atoms. The molecule has 3 nitrogen and oxygen atoms in total. The monoisotopic (exact) mass is 274 g/mol. The Balaban J connectivity index is 3.88. The minimum absolute atomic E-state index is 0.522. The Bertz CT molecular complexity index is 320. The second-order valence-corrected chi connectivity index (χ2v) is 5.08. The number of halogens is 3. The third kappa shape index (κ3) is 11.7. The molecule has 0 saturated carbocycles. The lowest BCUT2D eigenvalue weighted by molar-refractivity contribution is -0.152. The summed E-state index contributed by atoms with van der Waals surface area (Å²) in [6, 6.07) is 0. The summed E-state index contributed by atoms with van der Waals surface area (Å²) < 4.78 is 60.8. The number of unbranched alkanes of at least 4 members (excludes halogenated alkanes) is 4. The summed E-state index contributed by atoms with van der Waals surface area (Å²) in [5.74, 6) is 0. The molecule has 0 N–H and O–H groups in total. The molecule has 0 fully saturated rings. The van der Waals surface area contributed by atoms with Crippen LogP contribution < -0.4 is 0 Å². The molecule has 0 unspecified atom stereocenters. The molecule has 0 heterocycles. The van der Waals surface area contributed by atoms with Crippen LogP contribution in [0, 0.1) is 0 Å². The van der Waals surface area contributed by atoms with E-state index >= 15 is 0 Å². The highest BCUT2D eigenvalue weighted by atomic mass is 32.2. The van der Waals surface area contributed by atoms with E-state index in [0.717, 1.165) is 25.7 Å². The van der Waals surface area contributed by atoms with Gasteiger partial charge in [-0.15, -0.1) is 0 Å². The Hall–Kier alpha value is -0.560. The van der Waals surface area contributed by atoms with Crippen molar-refractivity contribution in [2.45, 2.75) is 45.2 Å². The normalized spacial score (nSPS) is 13.4. The zero-order valence-corrected chi connectivity index (χ0v) is 10.5. The molecule has 0 aromatic heterocycles. The van der Waals surface area contributed by atoms with E-state index in [0.29, 0.717) is 11.8 Å². The molecule has 0 spiro atoms. The van der Waals surface area contributed by atoms with E-state index in [1.807, 2.05) is 6.92 Å². The summed E-state index contributed by atoms with van der Waals surface area (Å²) >= 11 is 0. The standard InChI is InChI=1S/C10H17F3O3S/c1-2-3-4-5-6-7-8-17(14,15)16-9-10(11,12)13/h7-8H,2-6,9H2,1H3. The number of allylic oxidation sites excluding steroid dienone is 1. The van der Waals surface area contributed by atoms with Crippen molar-refractivity contribution in [1.29, 1.82) is 0 Å². The lowest BCUT2D eigenvalue weighted by Gasteiger charge is -2.05. The SMILES string of the molecule is CCCCCCC=CS(=O)(=O)OCC(F)(F)F. The Kier molecular flexibility index (Phi) is 7.45. The lowest BCUT2D eigenvalue weighted by Crippen LogP contribution is -2.19. The van der Waals surface area contributed by atoms with E-state index in [1.54, 1.807) is 0 Å². The molecule has 0 aromatic carbocycles. The smallest absolute Gasteiger partial charge is 0.257 e. The predicted octanol–water partition coefficient (Wildman–Crippen LogP) is 3.38. The van der Waals surface area contributed by atoms with Crippen molar-refractivity contribution in [2.75, 3.05) is 6.61 Å². The van der Waals surface area contributed by atoms with Crippen LogP contribution in [-0.2, 0) is 14.3 Å². The summed E-state index contributed by atoms with van der Waals surface area (Å²) in [5, 5.41) is 0.685. The quantitative estimate of drug-likeness (QED) is 0.503. The van der Waals surface area contributed by atoms with Crippen molar-refractivity contribution < 1.29 is 25.8 Å². The predicted molar refractivity (Wildman–Crippen MR) is 58.8 cm³/mol. The van der Waals surface area contributed by atoms with Gasteiger partial charge in [-0.25, -0.2) is 0 Å². The van der Waals surface area contributed by atoms with Gasteiger partial charge in [0.1, 0.15) is 0 Å². The molecule has 0 aliphatic carbocycles. The molecule has 0 saturated heterocycles. The number of alkyl halides is 3. The van der Waals surface area contributed by atoms with E-state index in [4.69, 9.17) is 0 Å². The van der Waals surface area contributed by atoms with Crippen molar-refractivity contribution in [3.8, 4) is 0 Å². The van der Waals surface area contributed by atoms with Crippen LogP contribution in [-0.4, -0.2) is 21.2 Å². The van der Waals surface area contributed by atoms with Crippen LogP contribution in [0.3, 0.4) is 0 Å². The van der Waals surface area contributed by atoms with Gasteiger partial charge in [0, 0.05) is 0 Å². The molecule has 0 rings (SSSR count). The lowest BCUT2D eigenvalue weighted by atomic mass is 10.2. The molecule has 0 radical (unpaired) electrons. The first-order valence-electron chi connectivity index (χ1n) is 5.39. The van der Waals surface area contributed by atoms with Gasteiger partial charge in [-0.3, -0.25) is 4.18 Å². The zero-order chi connectivity index (χ0) is 13.4. The van der Waals surface area contributed by atoms with Crippen molar-refractivity contribution in [3.63, 3.8) is 0 Å². The van der Waals surface area contributed by atoms with Crippen molar-refractivity contribution >= 4 is 10.1 Å². The van der Waals surface area contributed by atoms with Crippen molar-refractivity contribution in [1.82, 2.24) is 0 Å². The van der Waals surface area contributed by atoms with Gasteiger partial charge in [0.2, 0.25) is 0 Å². The molecule has 17 heavy (non-hydrogen) atoms. The summed E-state index contributed by atoms with van der Waals surface area (Å²) in [4.78, 5) is 0. The number of rotatable bonds is 8. The maximum atomic E-state index is 11.7. The Morgan fingerprint density at radius 1 is 1.18 bits per heavy atom. The van der Waals surface area contributed by atoms with Crippen LogP contribution in [0.4, 0.5) is 13.2 Å². The maximum absolute atomic E-state index is 11.7. The highest BCUT2D eigenvalue weighted by molar-refractivity contribution is 7.89. The fourth-order valence-corrected chi connectivity index (χ4v) is 1.81. The fraction of sp³-hybridized carbons (Fsp3) is 0.800. The van der Waals surface area contributed by atoms with Gasteiger partial charge in [-0.05, 0) is 12.8 Å². The Morgan fingerprint density at radius 3 is 2.35 bits per heavy atom. The summed E-state index contributed by atoms with van der Waals surface area (Å²) in [7, 11) is -4.21. The molecule has 0 atom stereocenters. The number of hydrogen-bond donors (Lipinski definition) is 0. The van der Waals surface area contributed by atoms with Crippen molar-refractivity contribution in [2.24, 2.45) is 0 Å². The average Bonchev–Trinajstić information content (AvgIpc) is 2.20. The van der Waals surface area contributed by atoms with Gasteiger partial charge in [0.15, 0.2) is 6.61 Å². The Morgan fingerprint density at radius 2 is 1.82 bits per heavy atom. The first-order valence-corrected chi connectivity index (χ1v) is 6.86. The van der Waals surface area contributed by atoms with E-state index in [1.165, 1.54) is 6.08 Å². The minimum Gasteiger partial charge on any atom is -0.257 e. The van der Waals surface area contributed by atoms with Gasteiger partial charge < -0.3 is 0 Å². The molecule has 0 aliphatic heterocycles. The van der Waals surface area contributed by atoms with Gasteiger partial charge in [-0.2, -0.15) is 21.6 Å². The largest absolute Gasteiger partial charge is 0.413 e. The molecular weight excluding hydrogens is 257 g/mol. The molecule has 102 valence electrons. The van der Waals surface area contributed by atoms with Crippen LogP contribution in [0.1, 0.15) is 39.0 Å². The van der Waals surface area contributed by atoms with Gasteiger partial charge >= 0.3 is 6.18 Å². The molecule has 0 amide bonds. The van der Waals surface area contributed by atoms with E-state index in [-0.39, 0.29) is 0 Å². The van der Waals surface area contributed by atoms with E-state index in [2.05, 4.69) is 4.18 Å². The average molecular weight is 274 g/mol. The second kappa shape index (κ2) is 7.71. The first kappa shape index (κ1) is 16.4. The van der Waals surface area contributed by atoms with E-state index < -0.39 is 22.9 Å².